The molecule has 1 amide bonds. The molecule has 4 rings (SSSR count). The molecule has 0 unspecified atom stereocenters. The number of hydrogen-bond acceptors (Lipinski definition) is 3. The van der Waals surface area contributed by atoms with Gasteiger partial charge in [-0.3, -0.25) is 9.52 Å². The molecular formula is C23H18N2O3S. The second-order valence-electron chi connectivity index (χ2n) is 6.52. The average Bonchev–Trinajstić information content (AvgIpc) is 2.74. The molecule has 0 atom stereocenters. The van der Waals surface area contributed by atoms with Crippen molar-refractivity contribution in [2.75, 3.05) is 10.0 Å². The molecule has 0 aromatic heterocycles. The molecule has 6 heteroatoms. The zero-order valence-corrected chi connectivity index (χ0v) is 16.2. The van der Waals surface area contributed by atoms with Crippen molar-refractivity contribution in [3.63, 3.8) is 0 Å². The predicted octanol–water partition coefficient (Wildman–Crippen LogP) is 4.89. The number of sulfonamides is 1. The van der Waals surface area contributed by atoms with Crippen LogP contribution in [-0.4, -0.2) is 14.3 Å². The summed E-state index contributed by atoms with van der Waals surface area (Å²) < 4.78 is 27.5. The lowest BCUT2D eigenvalue weighted by Crippen LogP contribution is -2.15. The van der Waals surface area contributed by atoms with E-state index in [2.05, 4.69) is 10.0 Å². The summed E-state index contributed by atoms with van der Waals surface area (Å²) in [5.41, 5.74) is 1.34. The van der Waals surface area contributed by atoms with Gasteiger partial charge in [0.25, 0.3) is 15.9 Å². The van der Waals surface area contributed by atoms with Crippen LogP contribution in [0.3, 0.4) is 0 Å². The largest absolute Gasteiger partial charge is 0.322 e. The lowest BCUT2D eigenvalue weighted by atomic mass is 10.1. The van der Waals surface area contributed by atoms with E-state index in [-0.39, 0.29) is 10.8 Å². The van der Waals surface area contributed by atoms with Crippen molar-refractivity contribution >= 4 is 38.1 Å². The third-order valence-electron chi connectivity index (χ3n) is 4.44. The maximum Gasteiger partial charge on any atom is 0.261 e. The van der Waals surface area contributed by atoms with E-state index < -0.39 is 10.0 Å². The molecule has 144 valence electrons. The Hall–Kier alpha value is -3.64. The summed E-state index contributed by atoms with van der Waals surface area (Å²) >= 11 is 0. The van der Waals surface area contributed by atoms with Gasteiger partial charge in [0.1, 0.15) is 0 Å². The van der Waals surface area contributed by atoms with Crippen LogP contribution >= 0.6 is 0 Å². The monoisotopic (exact) mass is 402 g/mol. The minimum atomic E-state index is -3.72. The number of carbonyl (C=O) groups excluding carboxylic acids is 1. The Bertz CT molecular complexity index is 1290. The minimum absolute atomic E-state index is 0.158. The fourth-order valence-corrected chi connectivity index (χ4v) is 4.08. The lowest BCUT2D eigenvalue weighted by Gasteiger charge is -2.10. The molecule has 0 saturated carbocycles. The smallest absolute Gasteiger partial charge is 0.261 e. The number of nitrogens with one attached hydrogen (secondary N) is 2. The summed E-state index contributed by atoms with van der Waals surface area (Å²) in [7, 11) is -3.72. The van der Waals surface area contributed by atoms with Gasteiger partial charge < -0.3 is 5.32 Å². The Morgan fingerprint density at radius 3 is 2.17 bits per heavy atom. The Balaban J connectivity index is 1.54. The van der Waals surface area contributed by atoms with Gasteiger partial charge in [-0.25, -0.2) is 8.42 Å². The van der Waals surface area contributed by atoms with E-state index >= 15 is 0 Å². The van der Waals surface area contributed by atoms with Gasteiger partial charge in [-0.15, -0.1) is 0 Å². The van der Waals surface area contributed by atoms with Crippen molar-refractivity contribution in [1.29, 1.82) is 0 Å². The van der Waals surface area contributed by atoms with Crippen LogP contribution < -0.4 is 10.0 Å². The number of rotatable bonds is 5. The molecule has 0 bridgehead atoms. The molecular weight excluding hydrogens is 384 g/mol. The number of hydrogen-bond donors (Lipinski definition) is 2. The van der Waals surface area contributed by atoms with Crippen molar-refractivity contribution in [2.24, 2.45) is 0 Å². The predicted molar refractivity (Wildman–Crippen MR) is 116 cm³/mol. The van der Waals surface area contributed by atoms with Gasteiger partial charge in [0.15, 0.2) is 0 Å². The zero-order valence-electron chi connectivity index (χ0n) is 15.4. The van der Waals surface area contributed by atoms with Crippen LogP contribution in [-0.2, 0) is 10.0 Å². The summed E-state index contributed by atoms with van der Waals surface area (Å²) in [5.74, 6) is -0.318. The Morgan fingerprint density at radius 2 is 1.38 bits per heavy atom. The van der Waals surface area contributed by atoms with Gasteiger partial charge in [0, 0.05) is 16.9 Å². The molecule has 0 heterocycles. The number of benzene rings is 4. The van der Waals surface area contributed by atoms with Crippen molar-refractivity contribution in [3.8, 4) is 0 Å². The highest BCUT2D eigenvalue weighted by atomic mass is 32.2. The highest BCUT2D eigenvalue weighted by Gasteiger charge is 2.14. The highest BCUT2D eigenvalue weighted by molar-refractivity contribution is 7.92. The third-order valence-corrected chi connectivity index (χ3v) is 5.84. The molecule has 0 fully saturated rings. The molecule has 0 aliphatic heterocycles. The molecule has 2 N–H and O–H groups in total. The molecule has 4 aromatic carbocycles. The van der Waals surface area contributed by atoms with Crippen LogP contribution in [0, 0.1) is 0 Å². The Kier molecular flexibility index (Phi) is 5.01. The van der Waals surface area contributed by atoms with E-state index in [4.69, 9.17) is 0 Å². The first-order chi connectivity index (χ1) is 14.0. The van der Waals surface area contributed by atoms with Gasteiger partial charge in [-0.2, -0.15) is 0 Å². The molecule has 0 aliphatic rings. The van der Waals surface area contributed by atoms with Crippen LogP contribution in [0.2, 0.25) is 0 Å². The zero-order chi connectivity index (χ0) is 20.3. The van der Waals surface area contributed by atoms with Crippen molar-refractivity contribution in [2.45, 2.75) is 4.90 Å². The molecule has 5 nitrogen and oxygen atoms in total. The van der Waals surface area contributed by atoms with Crippen LogP contribution in [0.25, 0.3) is 10.8 Å². The average molecular weight is 402 g/mol. The minimum Gasteiger partial charge on any atom is -0.322 e. The van der Waals surface area contributed by atoms with Gasteiger partial charge in [-0.1, -0.05) is 54.6 Å². The second-order valence-corrected chi connectivity index (χ2v) is 8.20. The summed E-state index contributed by atoms with van der Waals surface area (Å²) in [6.45, 7) is 0. The number of amides is 1. The highest BCUT2D eigenvalue weighted by Crippen LogP contribution is 2.21. The van der Waals surface area contributed by atoms with E-state index in [1.54, 1.807) is 36.4 Å². The normalized spacial score (nSPS) is 11.2. The number of fused-ring (bicyclic) bond motifs is 1. The number of anilines is 2. The molecule has 0 saturated heterocycles. The summed E-state index contributed by atoms with van der Waals surface area (Å²) in [6, 6.07) is 28.0. The summed E-state index contributed by atoms with van der Waals surface area (Å²) in [5, 5.41) is 4.96. The van der Waals surface area contributed by atoms with E-state index in [0.717, 1.165) is 10.8 Å². The van der Waals surface area contributed by atoms with Crippen LogP contribution in [0.5, 0.6) is 0 Å². The SMILES string of the molecule is O=C(Nc1ccc2ccccc2c1)c1cccc(NS(=O)(=O)c2ccccc2)c1. The molecule has 29 heavy (non-hydrogen) atoms. The van der Waals surface area contributed by atoms with Gasteiger partial charge in [0.05, 0.1) is 4.90 Å². The maximum absolute atomic E-state index is 12.6. The molecule has 0 radical (unpaired) electrons. The first-order valence-electron chi connectivity index (χ1n) is 8.99. The Morgan fingerprint density at radius 1 is 0.655 bits per heavy atom. The van der Waals surface area contributed by atoms with Crippen molar-refractivity contribution < 1.29 is 13.2 Å². The van der Waals surface area contributed by atoms with E-state index in [1.165, 1.54) is 18.2 Å². The molecule has 4 aromatic rings. The molecule has 0 aliphatic carbocycles. The van der Waals surface area contributed by atoms with Crippen LogP contribution in [0.15, 0.2) is 102 Å². The van der Waals surface area contributed by atoms with Crippen LogP contribution in [0.4, 0.5) is 11.4 Å². The fraction of sp³-hybridized carbons (Fsp3) is 0. The van der Waals surface area contributed by atoms with Crippen molar-refractivity contribution in [1.82, 2.24) is 0 Å². The topological polar surface area (TPSA) is 75.3 Å². The van der Waals surface area contributed by atoms with Crippen LogP contribution in [0.1, 0.15) is 10.4 Å². The second kappa shape index (κ2) is 7.77. The summed E-state index contributed by atoms with van der Waals surface area (Å²) in [6.07, 6.45) is 0. The summed E-state index contributed by atoms with van der Waals surface area (Å²) in [4.78, 5) is 12.8. The fourth-order valence-electron chi connectivity index (χ4n) is 3.01. The first kappa shape index (κ1) is 18.7. The van der Waals surface area contributed by atoms with E-state index in [1.807, 2.05) is 42.5 Å². The van der Waals surface area contributed by atoms with E-state index in [9.17, 15) is 13.2 Å². The van der Waals surface area contributed by atoms with Crippen molar-refractivity contribution in [3.05, 3.63) is 103 Å². The molecule has 0 spiro atoms. The lowest BCUT2D eigenvalue weighted by molar-refractivity contribution is 0.102. The number of carbonyl (C=O) groups is 1. The Labute approximate surface area is 169 Å². The van der Waals surface area contributed by atoms with E-state index in [0.29, 0.717) is 16.9 Å². The van der Waals surface area contributed by atoms with Gasteiger partial charge in [-0.05, 0) is 53.2 Å². The standard InChI is InChI=1S/C23H18N2O3S/c26-23(24-20-14-13-17-7-4-5-8-18(17)15-20)19-9-6-10-21(16-19)25-29(27,28)22-11-2-1-3-12-22/h1-16,25H,(H,24,26). The van der Waals surface area contributed by atoms with Gasteiger partial charge >= 0.3 is 0 Å². The maximum atomic E-state index is 12.6. The quantitative estimate of drug-likeness (QED) is 0.499. The third kappa shape index (κ3) is 4.28. The van der Waals surface area contributed by atoms with Gasteiger partial charge in [0.2, 0.25) is 0 Å². The first-order valence-corrected chi connectivity index (χ1v) is 10.5.